The molecule has 0 bridgehead atoms. The molecule has 0 saturated heterocycles. The minimum absolute atomic E-state index is 0.0494. The summed E-state index contributed by atoms with van der Waals surface area (Å²) in [6, 6.07) is 0. The average molecular weight is 248 g/mol. The maximum atomic E-state index is 12.7. The first-order chi connectivity index (χ1) is 8.48. The van der Waals surface area contributed by atoms with Crippen molar-refractivity contribution in [1.29, 1.82) is 0 Å². The summed E-state index contributed by atoms with van der Waals surface area (Å²) in [5, 5.41) is 10.9. The predicted octanol–water partition coefficient (Wildman–Crippen LogP) is 3.24. The molecule has 3 unspecified atom stereocenters. The number of allylic oxidation sites excluding steroid dienone is 2. The molecule has 0 amide bonds. The number of carbonyl (C=O) groups excluding carboxylic acids is 1. The van der Waals surface area contributed by atoms with Crippen LogP contribution in [0.15, 0.2) is 12.2 Å². The molecular weight excluding hydrogens is 224 g/mol. The van der Waals surface area contributed by atoms with E-state index >= 15 is 0 Å². The van der Waals surface area contributed by atoms with E-state index in [9.17, 15) is 9.90 Å². The molecule has 100 valence electrons. The van der Waals surface area contributed by atoms with E-state index in [1.807, 2.05) is 0 Å². The number of ketones is 1. The van der Waals surface area contributed by atoms with Gasteiger partial charge in [-0.15, -0.1) is 0 Å². The van der Waals surface area contributed by atoms with Crippen LogP contribution in [0.3, 0.4) is 0 Å². The lowest BCUT2D eigenvalue weighted by Gasteiger charge is -2.59. The van der Waals surface area contributed by atoms with Gasteiger partial charge >= 0.3 is 0 Å². The van der Waals surface area contributed by atoms with Crippen LogP contribution in [0.5, 0.6) is 0 Å². The van der Waals surface area contributed by atoms with Gasteiger partial charge in [0.05, 0.1) is 11.0 Å². The molecule has 4 atom stereocenters. The van der Waals surface area contributed by atoms with E-state index < -0.39 is 5.60 Å². The van der Waals surface area contributed by atoms with E-state index in [0.29, 0.717) is 12.3 Å². The first-order valence-electron chi connectivity index (χ1n) is 7.42. The summed E-state index contributed by atoms with van der Waals surface area (Å²) in [6.07, 6.45) is 10.7. The Bertz CT molecular complexity index is 413. The van der Waals surface area contributed by atoms with Gasteiger partial charge in [-0.25, -0.2) is 0 Å². The molecule has 2 nitrogen and oxygen atoms in total. The summed E-state index contributed by atoms with van der Waals surface area (Å²) in [5.41, 5.74) is -1.05. The smallest absolute Gasteiger partial charge is 0.146 e. The quantitative estimate of drug-likeness (QED) is 0.723. The van der Waals surface area contributed by atoms with Crippen LogP contribution in [0, 0.1) is 16.7 Å². The molecule has 0 spiro atoms. The van der Waals surface area contributed by atoms with Gasteiger partial charge in [0.2, 0.25) is 0 Å². The summed E-state index contributed by atoms with van der Waals surface area (Å²) in [4.78, 5) is 12.7. The number of rotatable bonds is 1. The van der Waals surface area contributed by atoms with Gasteiger partial charge in [-0.3, -0.25) is 4.79 Å². The molecule has 0 aromatic heterocycles. The maximum Gasteiger partial charge on any atom is 0.146 e. The topological polar surface area (TPSA) is 37.3 Å². The van der Waals surface area contributed by atoms with Gasteiger partial charge in [-0.2, -0.15) is 0 Å². The van der Waals surface area contributed by atoms with Crippen molar-refractivity contribution >= 4 is 5.78 Å². The molecule has 2 heteroatoms. The van der Waals surface area contributed by atoms with Crippen molar-refractivity contribution in [2.45, 2.75) is 64.4 Å². The molecule has 2 saturated carbocycles. The highest BCUT2D eigenvalue weighted by atomic mass is 16.3. The van der Waals surface area contributed by atoms with Crippen molar-refractivity contribution in [1.82, 2.24) is 0 Å². The molecule has 3 aliphatic carbocycles. The highest BCUT2D eigenvalue weighted by molar-refractivity contribution is 5.90. The molecule has 18 heavy (non-hydrogen) atoms. The van der Waals surface area contributed by atoms with Crippen molar-refractivity contribution in [3.63, 3.8) is 0 Å². The Balaban J connectivity index is 2.10. The highest BCUT2D eigenvalue weighted by Gasteiger charge is 2.65. The first-order valence-corrected chi connectivity index (χ1v) is 7.42. The normalized spacial score (nSPS) is 51.1. The van der Waals surface area contributed by atoms with Gasteiger partial charge in [0.15, 0.2) is 0 Å². The fraction of sp³-hybridized carbons (Fsp3) is 0.812. The largest absolute Gasteiger partial charge is 0.389 e. The monoisotopic (exact) mass is 248 g/mol. The summed E-state index contributed by atoms with van der Waals surface area (Å²) < 4.78 is 0. The summed E-state index contributed by atoms with van der Waals surface area (Å²) in [7, 11) is 0. The number of hydrogen-bond acceptors (Lipinski definition) is 2. The van der Waals surface area contributed by atoms with E-state index in [1.165, 1.54) is 6.42 Å². The second-order valence-electron chi connectivity index (χ2n) is 6.85. The van der Waals surface area contributed by atoms with Gasteiger partial charge in [0.1, 0.15) is 5.78 Å². The zero-order chi connectivity index (χ0) is 13.0. The second-order valence-corrected chi connectivity index (χ2v) is 6.85. The first kappa shape index (κ1) is 12.4. The lowest BCUT2D eigenvalue weighted by atomic mass is 9.45. The van der Waals surface area contributed by atoms with E-state index in [4.69, 9.17) is 0 Å². The van der Waals surface area contributed by atoms with Crippen LogP contribution >= 0.6 is 0 Å². The van der Waals surface area contributed by atoms with Gasteiger partial charge in [0.25, 0.3) is 0 Å². The van der Waals surface area contributed by atoms with E-state index in [0.717, 1.165) is 32.1 Å². The Labute approximate surface area is 109 Å². The minimum atomic E-state index is -0.714. The van der Waals surface area contributed by atoms with Crippen molar-refractivity contribution in [2.24, 2.45) is 16.7 Å². The molecular formula is C16H24O2. The average Bonchev–Trinajstić information content (AvgIpc) is 2.68. The van der Waals surface area contributed by atoms with Gasteiger partial charge in [-0.05, 0) is 37.0 Å². The van der Waals surface area contributed by atoms with Crippen molar-refractivity contribution in [3.8, 4) is 0 Å². The third-order valence-corrected chi connectivity index (χ3v) is 6.26. The highest BCUT2D eigenvalue weighted by Crippen LogP contribution is 2.65. The Hall–Kier alpha value is -0.630. The van der Waals surface area contributed by atoms with Crippen molar-refractivity contribution in [3.05, 3.63) is 12.2 Å². The minimum Gasteiger partial charge on any atom is -0.389 e. The lowest BCUT2D eigenvalue weighted by molar-refractivity contribution is -0.181. The van der Waals surface area contributed by atoms with Crippen LogP contribution in [0.4, 0.5) is 0 Å². The Morgan fingerprint density at radius 1 is 1.44 bits per heavy atom. The number of carbonyl (C=O) groups is 1. The Morgan fingerprint density at radius 2 is 2.22 bits per heavy atom. The lowest BCUT2D eigenvalue weighted by Crippen LogP contribution is -2.62. The summed E-state index contributed by atoms with van der Waals surface area (Å²) in [5.74, 6) is 0.577. The van der Waals surface area contributed by atoms with Crippen LogP contribution in [0.1, 0.15) is 58.8 Å². The third-order valence-electron chi connectivity index (χ3n) is 6.26. The molecule has 3 aliphatic rings. The number of Topliss-reactive ketones (excluding diaryl/α,β-unsaturated/α-hetero) is 1. The molecule has 0 aliphatic heterocycles. The SMILES string of the molecule is CCC12C=CCC1(C)C1CCCC[C@]1(O)CC2=O. The number of hydrogen-bond donors (Lipinski definition) is 1. The van der Waals surface area contributed by atoms with Crippen LogP contribution in [-0.2, 0) is 4.79 Å². The van der Waals surface area contributed by atoms with Gasteiger partial charge in [-0.1, -0.05) is 38.8 Å². The fourth-order valence-electron chi connectivity index (χ4n) is 5.24. The number of aliphatic hydroxyl groups is 1. The van der Waals surface area contributed by atoms with E-state index in [2.05, 4.69) is 26.0 Å². The second kappa shape index (κ2) is 3.69. The molecule has 0 aromatic carbocycles. The molecule has 0 radical (unpaired) electrons. The zero-order valence-corrected chi connectivity index (χ0v) is 11.5. The Kier molecular flexibility index (Phi) is 2.54. The number of fused-ring (bicyclic) bond motifs is 3. The fourth-order valence-corrected chi connectivity index (χ4v) is 5.24. The van der Waals surface area contributed by atoms with Crippen molar-refractivity contribution in [2.75, 3.05) is 0 Å². The molecule has 1 N–H and O–H groups in total. The molecule has 0 aromatic rings. The summed E-state index contributed by atoms with van der Waals surface area (Å²) >= 11 is 0. The van der Waals surface area contributed by atoms with Crippen LogP contribution in [0.25, 0.3) is 0 Å². The molecule has 3 rings (SSSR count). The van der Waals surface area contributed by atoms with E-state index in [-0.39, 0.29) is 16.6 Å². The van der Waals surface area contributed by atoms with Crippen LogP contribution < -0.4 is 0 Å². The van der Waals surface area contributed by atoms with E-state index in [1.54, 1.807) is 0 Å². The predicted molar refractivity (Wildman–Crippen MR) is 71.1 cm³/mol. The standard InChI is InChI=1S/C16H24O2/c1-3-15-9-6-8-14(15,2)12-7-4-5-10-16(12,18)11-13(15)17/h6,9,12,18H,3-5,7-8,10-11H2,1-2H3/t12?,14?,15?,16-/m0/s1. The summed E-state index contributed by atoms with van der Waals surface area (Å²) in [6.45, 7) is 4.37. The molecule has 0 heterocycles. The van der Waals surface area contributed by atoms with Gasteiger partial charge in [0, 0.05) is 6.42 Å². The molecule has 2 fully saturated rings. The third kappa shape index (κ3) is 1.25. The Morgan fingerprint density at radius 3 is 2.94 bits per heavy atom. The van der Waals surface area contributed by atoms with Gasteiger partial charge < -0.3 is 5.11 Å². The van der Waals surface area contributed by atoms with Crippen LogP contribution in [-0.4, -0.2) is 16.5 Å². The maximum absolute atomic E-state index is 12.7. The van der Waals surface area contributed by atoms with Crippen molar-refractivity contribution < 1.29 is 9.90 Å². The zero-order valence-electron chi connectivity index (χ0n) is 11.5. The van der Waals surface area contributed by atoms with Crippen LogP contribution in [0.2, 0.25) is 0 Å².